The maximum absolute atomic E-state index is 12.0. The van der Waals surface area contributed by atoms with Crippen LogP contribution in [0.4, 0.5) is 0 Å². The summed E-state index contributed by atoms with van der Waals surface area (Å²) in [5, 5.41) is 0. The van der Waals surface area contributed by atoms with E-state index in [0.29, 0.717) is 6.04 Å². The van der Waals surface area contributed by atoms with Gasteiger partial charge in [0.25, 0.3) is 0 Å². The predicted octanol–water partition coefficient (Wildman–Crippen LogP) is 2.09. The highest BCUT2D eigenvalue weighted by Gasteiger charge is 2.36. The van der Waals surface area contributed by atoms with Gasteiger partial charge >= 0.3 is 0 Å². The minimum absolute atomic E-state index is 0.0724. The van der Waals surface area contributed by atoms with Gasteiger partial charge in [-0.25, -0.2) is 0 Å². The second-order valence-electron chi connectivity index (χ2n) is 4.57. The highest BCUT2D eigenvalue weighted by Crippen LogP contribution is 2.35. The molecule has 92 valence electrons. The SMILES string of the molecule is CC[C@@H](c1ccccc1)N(C(=O)CN)C1CC1. The molecule has 1 fully saturated rings. The molecule has 1 aromatic carbocycles. The number of hydrogen-bond acceptors (Lipinski definition) is 2. The zero-order valence-electron chi connectivity index (χ0n) is 10.3. The monoisotopic (exact) mass is 232 g/mol. The number of amides is 1. The predicted molar refractivity (Wildman–Crippen MR) is 68.4 cm³/mol. The summed E-state index contributed by atoms with van der Waals surface area (Å²) in [5.74, 6) is 0.0724. The smallest absolute Gasteiger partial charge is 0.237 e. The van der Waals surface area contributed by atoms with Crippen LogP contribution in [0.2, 0.25) is 0 Å². The van der Waals surface area contributed by atoms with Crippen LogP contribution in [0, 0.1) is 0 Å². The van der Waals surface area contributed by atoms with Crippen molar-refractivity contribution in [1.29, 1.82) is 0 Å². The van der Waals surface area contributed by atoms with Crippen LogP contribution in [-0.4, -0.2) is 23.4 Å². The van der Waals surface area contributed by atoms with Gasteiger partial charge < -0.3 is 10.6 Å². The number of hydrogen-bond donors (Lipinski definition) is 1. The third-order valence-electron chi connectivity index (χ3n) is 3.31. The molecule has 1 aliphatic rings. The maximum atomic E-state index is 12.0. The van der Waals surface area contributed by atoms with E-state index < -0.39 is 0 Å². The first-order valence-electron chi connectivity index (χ1n) is 6.34. The van der Waals surface area contributed by atoms with Crippen LogP contribution < -0.4 is 5.73 Å². The van der Waals surface area contributed by atoms with E-state index in [1.807, 2.05) is 23.1 Å². The molecule has 2 rings (SSSR count). The number of nitrogens with two attached hydrogens (primary N) is 1. The summed E-state index contributed by atoms with van der Waals surface area (Å²) >= 11 is 0. The highest BCUT2D eigenvalue weighted by atomic mass is 16.2. The van der Waals surface area contributed by atoms with Crippen molar-refractivity contribution in [3.8, 4) is 0 Å². The second-order valence-corrected chi connectivity index (χ2v) is 4.57. The Bertz CT molecular complexity index is 373. The van der Waals surface area contributed by atoms with Crippen LogP contribution in [-0.2, 0) is 4.79 Å². The largest absolute Gasteiger partial charge is 0.332 e. The first kappa shape index (κ1) is 12.1. The lowest BCUT2D eigenvalue weighted by Gasteiger charge is -2.31. The van der Waals surface area contributed by atoms with Gasteiger partial charge in [-0.15, -0.1) is 0 Å². The van der Waals surface area contributed by atoms with Crippen LogP contribution in [0.15, 0.2) is 30.3 Å². The normalized spacial score (nSPS) is 16.6. The van der Waals surface area contributed by atoms with Crippen molar-refractivity contribution in [2.75, 3.05) is 6.54 Å². The molecular weight excluding hydrogens is 212 g/mol. The number of carbonyl (C=O) groups excluding carboxylic acids is 1. The van der Waals surface area contributed by atoms with Gasteiger partial charge in [-0.1, -0.05) is 37.3 Å². The molecule has 0 aliphatic heterocycles. The summed E-state index contributed by atoms with van der Waals surface area (Å²) in [4.78, 5) is 14.0. The third-order valence-corrected chi connectivity index (χ3v) is 3.31. The molecular formula is C14H20N2O. The minimum atomic E-state index is 0.0724. The molecule has 0 spiro atoms. The number of carbonyl (C=O) groups is 1. The molecule has 0 bridgehead atoms. The topological polar surface area (TPSA) is 46.3 Å². The quantitative estimate of drug-likeness (QED) is 0.845. The van der Waals surface area contributed by atoms with Crippen molar-refractivity contribution in [3.63, 3.8) is 0 Å². The van der Waals surface area contributed by atoms with Gasteiger partial charge in [0.15, 0.2) is 0 Å². The average Bonchev–Trinajstić information content (AvgIpc) is 3.20. The van der Waals surface area contributed by atoms with Crippen LogP contribution in [0.25, 0.3) is 0 Å². The van der Waals surface area contributed by atoms with Gasteiger partial charge in [0, 0.05) is 6.04 Å². The van der Waals surface area contributed by atoms with Gasteiger partial charge in [-0.05, 0) is 24.8 Å². The van der Waals surface area contributed by atoms with Gasteiger partial charge in [0.2, 0.25) is 5.91 Å². The van der Waals surface area contributed by atoms with Crippen LogP contribution in [0.3, 0.4) is 0 Å². The van der Waals surface area contributed by atoms with Gasteiger partial charge in [-0.3, -0.25) is 4.79 Å². The Labute approximate surface area is 103 Å². The first-order chi connectivity index (χ1) is 8.27. The van der Waals surface area contributed by atoms with Crippen molar-refractivity contribution in [2.24, 2.45) is 5.73 Å². The number of nitrogens with zero attached hydrogens (tertiary/aromatic N) is 1. The van der Waals surface area contributed by atoms with E-state index in [9.17, 15) is 4.79 Å². The summed E-state index contributed by atoms with van der Waals surface area (Å²) in [6.45, 7) is 2.23. The van der Waals surface area contributed by atoms with Crippen molar-refractivity contribution < 1.29 is 4.79 Å². The molecule has 17 heavy (non-hydrogen) atoms. The number of rotatable bonds is 5. The van der Waals surface area contributed by atoms with E-state index in [-0.39, 0.29) is 18.5 Å². The lowest BCUT2D eigenvalue weighted by Crippen LogP contribution is -2.40. The summed E-state index contributed by atoms with van der Waals surface area (Å²) in [6.07, 6.45) is 3.18. The summed E-state index contributed by atoms with van der Waals surface area (Å²) in [5.41, 5.74) is 6.73. The zero-order chi connectivity index (χ0) is 12.3. The van der Waals surface area contributed by atoms with Gasteiger partial charge in [-0.2, -0.15) is 0 Å². The van der Waals surface area contributed by atoms with Crippen LogP contribution in [0.5, 0.6) is 0 Å². The van der Waals surface area contributed by atoms with Gasteiger partial charge in [0.05, 0.1) is 12.6 Å². The van der Waals surface area contributed by atoms with Crippen LogP contribution in [0.1, 0.15) is 37.8 Å². The van der Waals surface area contributed by atoms with E-state index in [4.69, 9.17) is 5.73 Å². The average molecular weight is 232 g/mol. The number of benzene rings is 1. The zero-order valence-corrected chi connectivity index (χ0v) is 10.3. The molecule has 2 N–H and O–H groups in total. The van der Waals surface area contributed by atoms with E-state index in [2.05, 4.69) is 19.1 Å². The molecule has 1 aromatic rings. The third kappa shape index (κ3) is 2.67. The lowest BCUT2D eigenvalue weighted by molar-refractivity contribution is -0.133. The van der Waals surface area contributed by atoms with Crippen molar-refractivity contribution in [1.82, 2.24) is 4.90 Å². The Morgan fingerprint density at radius 1 is 1.41 bits per heavy atom. The molecule has 3 heteroatoms. The Morgan fingerprint density at radius 2 is 2.06 bits per heavy atom. The molecule has 1 amide bonds. The summed E-state index contributed by atoms with van der Waals surface area (Å²) in [7, 11) is 0. The van der Waals surface area contributed by atoms with E-state index >= 15 is 0 Å². The fourth-order valence-corrected chi connectivity index (χ4v) is 2.36. The second kappa shape index (κ2) is 5.32. The molecule has 0 aromatic heterocycles. The Balaban J connectivity index is 2.23. The minimum Gasteiger partial charge on any atom is -0.332 e. The van der Waals surface area contributed by atoms with Crippen molar-refractivity contribution in [2.45, 2.75) is 38.3 Å². The molecule has 1 atom stereocenters. The Morgan fingerprint density at radius 3 is 2.53 bits per heavy atom. The van der Waals surface area contributed by atoms with Crippen LogP contribution >= 0.6 is 0 Å². The Kier molecular flexibility index (Phi) is 3.79. The van der Waals surface area contributed by atoms with E-state index in [1.165, 1.54) is 5.56 Å². The molecule has 0 heterocycles. The van der Waals surface area contributed by atoms with Crippen molar-refractivity contribution in [3.05, 3.63) is 35.9 Å². The summed E-state index contributed by atoms with van der Waals surface area (Å²) in [6, 6.07) is 10.8. The van der Waals surface area contributed by atoms with E-state index in [0.717, 1.165) is 19.3 Å². The summed E-state index contributed by atoms with van der Waals surface area (Å²) < 4.78 is 0. The Hall–Kier alpha value is -1.35. The highest BCUT2D eigenvalue weighted by molar-refractivity contribution is 5.79. The fraction of sp³-hybridized carbons (Fsp3) is 0.500. The van der Waals surface area contributed by atoms with Crippen molar-refractivity contribution >= 4 is 5.91 Å². The fourth-order valence-electron chi connectivity index (χ4n) is 2.36. The molecule has 0 unspecified atom stereocenters. The molecule has 3 nitrogen and oxygen atoms in total. The molecule has 1 aliphatic carbocycles. The lowest BCUT2D eigenvalue weighted by atomic mass is 10.0. The standard InChI is InChI=1S/C14H20N2O/c1-2-13(11-6-4-3-5-7-11)16(12-8-9-12)14(17)10-15/h3-7,12-13H,2,8-10,15H2,1H3/t13-/m0/s1. The molecule has 0 radical (unpaired) electrons. The maximum Gasteiger partial charge on any atom is 0.237 e. The molecule has 1 saturated carbocycles. The van der Waals surface area contributed by atoms with E-state index in [1.54, 1.807) is 0 Å². The van der Waals surface area contributed by atoms with Gasteiger partial charge in [0.1, 0.15) is 0 Å². The molecule has 0 saturated heterocycles. The first-order valence-corrected chi connectivity index (χ1v) is 6.34.